The topological polar surface area (TPSA) is 32.3 Å². The molecule has 0 amide bonds. The largest absolute Gasteiger partial charge is 0.396 e. The Morgan fingerprint density at radius 3 is 2.40 bits per heavy atom. The van der Waals surface area contributed by atoms with Crippen molar-refractivity contribution >= 4 is 5.69 Å². The van der Waals surface area contributed by atoms with Gasteiger partial charge in [-0.3, -0.25) is 0 Å². The van der Waals surface area contributed by atoms with E-state index in [0.29, 0.717) is 6.61 Å². The highest BCUT2D eigenvalue weighted by Gasteiger charge is 2.35. The summed E-state index contributed by atoms with van der Waals surface area (Å²) >= 11 is 0. The van der Waals surface area contributed by atoms with Gasteiger partial charge < -0.3 is 10.4 Å². The third-order valence-electron chi connectivity index (χ3n) is 3.47. The van der Waals surface area contributed by atoms with Crippen molar-refractivity contribution < 1.29 is 5.11 Å². The standard InChI is InChI=1S/C13H19NO/c1-11-3-5-12(6-4-11)14-9-13(10-15)7-2-8-13/h3-6,14-15H,2,7-10H2,1H3. The summed E-state index contributed by atoms with van der Waals surface area (Å²) in [5.74, 6) is 0. The molecule has 0 spiro atoms. The first kappa shape index (κ1) is 10.5. The predicted molar refractivity (Wildman–Crippen MR) is 63.0 cm³/mol. The Kier molecular flexibility index (Phi) is 2.96. The molecule has 1 aromatic rings. The maximum atomic E-state index is 9.32. The fraction of sp³-hybridized carbons (Fsp3) is 0.538. The van der Waals surface area contributed by atoms with Crippen LogP contribution < -0.4 is 5.32 Å². The first-order chi connectivity index (χ1) is 7.24. The molecule has 0 aliphatic heterocycles. The van der Waals surface area contributed by atoms with E-state index >= 15 is 0 Å². The highest BCUT2D eigenvalue weighted by Crippen LogP contribution is 2.40. The molecule has 0 atom stereocenters. The Balaban J connectivity index is 1.90. The molecule has 0 unspecified atom stereocenters. The molecule has 0 radical (unpaired) electrons. The number of benzene rings is 1. The van der Waals surface area contributed by atoms with E-state index in [2.05, 4.69) is 36.5 Å². The van der Waals surface area contributed by atoms with Crippen LogP contribution >= 0.6 is 0 Å². The molecule has 1 saturated carbocycles. The van der Waals surface area contributed by atoms with Crippen molar-refractivity contribution in [2.24, 2.45) is 5.41 Å². The summed E-state index contributed by atoms with van der Waals surface area (Å²) in [5.41, 5.74) is 2.59. The van der Waals surface area contributed by atoms with Gasteiger partial charge in [0, 0.05) is 17.6 Å². The van der Waals surface area contributed by atoms with Gasteiger partial charge in [0.2, 0.25) is 0 Å². The number of aryl methyl sites for hydroxylation is 1. The summed E-state index contributed by atoms with van der Waals surface area (Å²) in [5, 5.41) is 12.7. The number of rotatable bonds is 4. The van der Waals surface area contributed by atoms with Crippen LogP contribution in [0.1, 0.15) is 24.8 Å². The number of aliphatic hydroxyl groups is 1. The van der Waals surface area contributed by atoms with Crippen LogP contribution in [0.25, 0.3) is 0 Å². The van der Waals surface area contributed by atoms with Crippen LogP contribution in [-0.4, -0.2) is 18.3 Å². The molecule has 0 heterocycles. The van der Waals surface area contributed by atoms with Gasteiger partial charge in [-0.2, -0.15) is 0 Å². The van der Waals surface area contributed by atoms with Gasteiger partial charge in [-0.05, 0) is 31.9 Å². The molecule has 2 nitrogen and oxygen atoms in total. The van der Waals surface area contributed by atoms with Crippen molar-refractivity contribution in [3.05, 3.63) is 29.8 Å². The van der Waals surface area contributed by atoms with Crippen LogP contribution in [0.4, 0.5) is 5.69 Å². The SMILES string of the molecule is Cc1ccc(NCC2(CO)CCC2)cc1. The normalized spacial score (nSPS) is 18.3. The number of hydrogen-bond acceptors (Lipinski definition) is 2. The van der Waals surface area contributed by atoms with E-state index < -0.39 is 0 Å². The van der Waals surface area contributed by atoms with Crippen molar-refractivity contribution in [3.8, 4) is 0 Å². The molecule has 1 aliphatic carbocycles. The minimum Gasteiger partial charge on any atom is -0.396 e. The first-order valence-corrected chi connectivity index (χ1v) is 5.66. The van der Waals surface area contributed by atoms with Crippen LogP contribution in [0.3, 0.4) is 0 Å². The van der Waals surface area contributed by atoms with Gasteiger partial charge in [0.25, 0.3) is 0 Å². The van der Waals surface area contributed by atoms with Crippen LogP contribution in [-0.2, 0) is 0 Å². The minimum absolute atomic E-state index is 0.158. The third-order valence-corrected chi connectivity index (χ3v) is 3.47. The molecule has 15 heavy (non-hydrogen) atoms. The van der Waals surface area contributed by atoms with E-state index in [-0.39, 0.29) is 5.41 Å². The van der Waals surface area contributed by atoms with Crippen LogP contribution in [0, 0.1) is 12.3 Å². The first-order valence-electron chi connectivity index (χ1n) is 5.66. The van der Waals surface area contributed by atoms with Crippen LogP contribution in [0.5, 0.6) is 0 Å². The lowest BCUT2D eigenvalue weighted by molar-refractivity contribution is 0.0576. The van der Waals surface area contributed by atoms with Crippen molar-refractivity contribution in [2.75, 3.05) is 18.5 Å². The van der Waals surface area contributed by atoms with Crippen molar-refractivity contribution in [1.29, 1.82) is 0 Å². The zero-order valence-corrected chi connectivity index (χ0v) is 9.29. The monoisotopic (exact) mass is 205 g/mol. The number of anilines is 1. The molecular weight excluding hydrogens is 186 g/mol. The molecule has 2 heteroatoms. The van der Waals surface area contributed by atoms with Crippen molar-refractivity contribution in [1.82, 2.24) is 0 Å². The quantitative estimate of drug-likeness (QED) is 0.791. The maximum Gasteiger partial charge on any atom is 0.0504 e. The minimum atomic E-state index is 0.158. The average Bonchev–Trinajstić information content (AvgIpc) is 2.20. The molecule has 1 aromatic carbocycles. The predicted octanol–water partition coefficient (Wildman–Crippen LogP) is 2.57. The molecule has 0 bridgehead atoms. The molecule has 82 valence electrons. The molecule has 0 saturated heterocycles. The van der Waals surface area contributed by atoms with Gasteiger partial charge in [-0.25, -0.2) is 0 Å². The number of aliphatic hydroxyl groups excluding tert-OH is 1. The van der Waals surface area contributed by atoms with Crippen LogP contribution in [0.2, 0.25) is 0 Å². The second-order valence-electron chi connectivity index (χ2n) is 4.73. The molecular formula is C13H19NO. The lowest BCUT2D eigenvalue weighted by Gasteiger charge is -2.40. The van der Waals surface area contributed by atoms with E-state index in [0.717, 1.165) is 25.1 Å². The summed E-state index contributed by atoms with van der Waals surface area (Å²) in [6, 6.07) is 8.40. The maximum absolute atomic E-state index is 9.32. The zero-order chi connectivity index (χ0) is 10.7. The average molecular weight is 205 g/mol. The highest BCUT2D eigenvalue weighted by molar-refractivity contribution is 5.44. The second kappa shape index (κ2) is 4.23. The van der Waals surface area contributed by atoms with Gasteiger partial charge in [-0.1, -0.05) is 24.1 Å². The summed E-state index contributed by atoms with van der Waals surface area (Å²) in [6.45, 7) is 3.29. The van der Waals surface area contributed by atoms with Gasteiger partial charge in [-0.15, -0.1) is 0 Å². The van der Waals surface area contributed by atoms with Gasteiger partial charge in [0.05, 0.1) is 6.61 Å². The molecule has 2 N–H and O–H groups in total. The smallest absolute Gasteiger partial charge is 0.0504 e. The van der Waals surface area contributed by atoms with Gasteiger partial charge in [0.1, 0.15) is 0 Å². The van der Waals surface area contributed by atoms with E-state index in [1.165, 1.54) is 12.0 Å². The molecule has 2 rings (SSSR count). The summed E-state index contributed by atoms with van der Waals surface area (Å²) in [6.07, 6.45) is 3.57. The van der Waals surface area contributed by atoms with E-state index in [4.69, 9.17) is 0 Å². The fourth-order valence-electron chi connectivity index (χ4n) is 2.03. The summed E-state index contributed by atoms with van der Waals surface area (Å²) in [7, 11) is 0. The second-order valence-corrected chi connectivity index (χ2v) is 4.73. The summed E-state index contributed by atoms with van der Waals surface area (Å²) in [4.78, 5) is 0. The Bertz CT molecular complexity index is 308. The van der Waals surface area contributed by atoms with Crippen LogP contribution in [0.15, 0.2) is 24.3 Å². The fourth-order valence-corrected chi connectivity index (χ4v) is 2.03. The Morgan fingerprint density at radius 1 is 1.27 bits per heavy atom. The number of nitrogens with one attached hydrogen (secondary N) is 1. The Morgan fingerprint density at radius 2 is 1.93 bits per heavy atom. The zero-order valence-electron chi connectivity index (χ0n) is 9.29. The Hall–Kier alpha value is -1.02. The lowest BCUT2D eigenvalue weighted by atomic mass is 9.69. The van der Waals surface area contributed by atoms with E-state index in [1.807, 2.05) is 0 Å². The van der Waals surface area contributed by atoms with E-state index in [9.17, 15) is 5.11 Å². The summed E-state index contributed by atoms with van der Waals surface area (Å²) < 4.78 is 0. The highest BCUT2D eigenvalue weighted by atomic mass is 16.3. The molecule has 1 aliphatic rings. The van der Waals surface area contributed by atoms with Gasteiger partial charge >= 0.3 is 0 Å². The number of hydrogen-bond donors (Lipinski definition) is 2. The van der Waals surface area contributed by atoms with Crippen molar-refractivity contribution in [3.63, 3.8) is 0 Å². The molecule has 0 aromatic heterocycles. The third kappa shape index (κ3) is 2.32. The molecule has 1 fully saturated rings. The van der Waals surface area contributed by atoms with E-state index in [1.54, 1.807) is 0 Å². The Labute approximate surface area is 91.3 Å². The lowest BCUT2D eigenvalue weighted by Crippen LogP contribution is -2.39. The van der Waals surface area contributed by atoms with Gasteiger partial charge in [0.15, 0.2) is 0 Å². The van der Waals surface area contributed by atoms with Crippen molar-refractivity contribution in [2.45, 2.75) is 26.2 Å².